The normalized spacial score (nSPS) is 17.5. The second kappa shape index (κ2) is 5.95. The van der Waals surface area contributed by atoms with Gasteiger partial charge >= 0.3 is 0 Å². The van der Waals surface area contributed by atoms with Crippen LogP contribution in [0.15, 0.2) is 48.5 Å². The molecule has 0 radical (unpaired) electrons. The van der Waals surface area contributed by atoms with E-state index in [0.717, 1.165) is 13.1 Å². The standard InChI is InChI=1S/C18H20N2OS/c21-14(12-19-10-5-11-22-19)13-20-17-8-3-1-6-15(17)16-7-2-4-9-18(16)20/h1-4,6-9,14,21H,5,10-13H2. The van der Waals surface area contributed by atoms with Gasteiger partial charge in [0, 0.05) is 40.6 Å². The Kier molecular flexibility index (Phi) is 3.82. The van der Waals surface area contributed by atoms with Crippen LogP contribution in [0, 0.1) is 0 Å². The Labute approximate surface area is 134 Å². The van der Waals surface area contributed by atoms with Crippen LogP contribution in [0.4, 0.5) is 0 Å². The number of hydrogen-bond donors (Lipinski definition) is 1. The van der Waals surface area contributed by atoms with E-state index in [0.29, 0.717) is 6.54 Å². The molecule has 0 aliphatic carbocycles. The molecule has 1 N–H and O–H groups in total. The third-order valence-electron chi connectivity index (χ3n) is 4.31. The smallest absolute Gasteiger partial charge is 0.0855 e. The second-order valence-electron chi connectivity index (χ2n) is 5.87. The fraction of sp³-hybridized carbons (Fsp3) is 0.333. The highest BCUT2D eigenvalue weighted by molar-refractivity contribution is 7.97. The minimum absolute atomic E-state index is 0.343. The first-order valence-electron chi connectivity index (χ1n) is 7.85. The van der Waals surface area contributed by atoms with Crippen molar-refractivity contribution in [3.05, 3.63) is 48.5 Å². The average Bonchev–Trinajstić information content (AvgIpc) is 3.15. The number of nitrogens with zero attached hydrogens (tertiary/aromatic N) is 2. The fourth-order valence-corrected chi connectivity index (χ4v) is 4.40. The fourth-order valence-electron chi connectivity index (χ4n) is 3.35. The van der Waals surface area contributed by atoms with Gasteiger partial charge in [-0.1, -0.05) is 48.3 Å². The van der Waals surface area contributed by atoms with Crippen molar-refractivity contribution in [2.24, 2.45) is 0 Å². The van der Waals surface area contributed by atoms with Gasteiger partial charge in [-0.05, 0) is 18.6 Å². The molecule has 1 fully saturated rings. The number of β-amino-alcohol motifs (C(OH)–C–C–N with tert-alkyl or cyclic N) is 1. The zero-order valence-corrected chi connectivity index (χ0v) is 13.3. The summed E-state index contributed by atoms with van der Waals surface area (Å²) in [6, 6.07) is 16.9. The molecule has 1 aromatic heterocycles. The van der Waals surface area contributed by atoms with Crippen LogP contribution in [-0.2, 0) is 6.54 Å². The molecule has 0 amide bonds. The van der Waals surface area contributed by atoms with Crippen LogP contribution in [0.5, 0.6) is 0 Å². The molecule has 1 unspecified atom stereocenters. The van der Waals surface area contributed by atoms with Gasteiger partial charge in [0.05, 0.1) is 12.6 Å². The lowest BCUT2D eigenvalue weighted by molar-refractivity contribution is 0.135. The largest absolute Gasteiger partial charge is 0.390 e. The van der Waals surface area contributed by atoms with E-state index in [-0.39, 0.29) is 6.10 Å². The molecule has 3 nitrogen and oxygen atoms in total. The summed E-state index contributed by atoms with van der Waals surface area (Å²) >= 11 is 1.85. The summed E-state index contributed by atoms with van der Waals surface area (Å²) < 4.78 is 4.55. The molecule has 22 heavy (non-hydrogen) atoms. The Hall–Kier alpha value is -1.49. The van der Waals surface area contributed by atoms with E-state index < -0.39 is 0 Å². The minimum Gasteiger partial charge on any atom is -0.390 e. The summed E-state index contributed by atoms with van der Waals surface area (Å²) in [6.45, 7) is 2.48. The van der Waals surface area contributed by atoms with Crippen molar-refractivity contribution in [3.63, 3.8) is 0 Å². The molecular weight excluding hydrogens is 292 g/mol. The number of aliphatic hydroxyl groups excluding tert-OH is 1. The van der Waals surface area contributed by atoms with Gasteiger partial charge in [-0.15, -0.1) is 0 Å². The van der Waals surface area contributed by atoms with E-state index in [1.165, 1.54) is 34.0 Å². The summed E-state index contributed by atoms with van der Waals surface area (Å²) in [6.07, 6.45) is 0.886. The molecule has 114 valence electrons. The lowest BCUT2D eigenvalue weighted by atomic mass is 10.2. The van der Waals surface area contributed by atoms with E-state index in [4.69, 9.17) is 0 Å². The zero-order valence-electron chi connectivity index (χ0n) is 12.5. The van der Waals surface area contributed by atoms with Crippen molar-refractivity contribution in [2.75, 3.05) is 18.8 Å². The predicted molar refractivity (Wildman–Crippen MR) is 94.1 cm³/mol. The molecule has 1 saturated heterocycles. The SMILES string of the molecule is OC(CN1CCCS1)Cn1c2ccccc2c2ccccc21. The van der Waals surface area contributed by atoms with Crippen LogP contribution >= 0.6 is 11.9 Å². The maximum atomic E-state index is 10.5. The molecule has 0 saturated carbocycles. The molecule has 1 atom stereocenters. The third kappa shape index (κ3) is 2.51. The van der Waals surface area contributed by atoms with Gasteiger partial charge in [0.25, 0.3) is 0 Å². The van der Waals surface area contributed by atoms with E-state index in [9.17, 15) is 5.11 Å². The Bertz CT molecular complexity index is 739. The molecule has 4 heteroatoms. The molecule has 2 aromatic carbocycles. The number of aliphatic hydroxyl groups is 1. The van der Waals surface area contributed by atoms with Crippen LogP contribution in [0.25, 0.3) is 21.8 Å². The Balaban J connectivity index is 1.69. The van der Waals surface area contributed by atoms with Crippen LogP contribution in [0.2, 0.25) is 0 Å². The summed E-state index contributed by atoms with van der Waals surface area (Å²) in [5.41, 5.74) is 2.41. The molecule has 0 bridgehead atoms. The maximum absolute atomic E-state index is 10.5. The van der Waals surface area contributed by atoms with Crippen molar-refractivity contribution in [2.45, 2.75) is 19.1 Å². The van der Waals surface area contributed by atoms with Crippen molar-refractivity contribution >= 4 is 33.8 Å². The van der Waals surface area contributed by atoms with Gasteiger partial charge in [-0.3, -0.25) is 0 Å². The predicted octanol–water partition coefficient (Wildman–Crippen LogP) is 3.51. The first kappa shape index (κ1) is 14.1. The zero-order chi connectivity index (χ0) is 14.9. The van der Waals surface area contributed by atoms with Gasteiger partial charge in [0.2, 0.25) is 0 Å². The summed E-state index contributed by atoms with van der Waals surface area (Å²) in [4.78, 5) is 0. The average molecular weight is 312 g/mol. The highest BCUT2D eigenvalue weighted by Gasteiger charge is 2.18. The maximum Gasteiger partial charge on any atom is 0.0855 e. The topological polar surface area (TPSA) is 28.4 Å². The number of benzene rings is 2. The summed E-state index contributed by atoms with van der Waals surface area (Å²) in [5.74, 6) is 1.18. The van der Waals surface area contributed by atoms with Gasteiger partial charge in [0.15, 0.2) is 0 Å². The number of aromatic nitrogens is 1. The Morgan fingerprint density at radius 3 is 2.18 bits per heavy atom. The van der Waals surface area contributed by atoms with Crippen molar-refractivity contribution in [3.8, 4) is 0 Å². The first-order chi connectivity index (χ1) is 10.8. The molecule has 0 spiro atoms. The highest BCUT2D eigenvalue weighted by atomic mass is 32.2. The molecule has 4 rings (SSSR count). The van der Waals surface area contributed by atoms with Gasteiger partial charge in [-0.25, -0.2) is 4.31 Å². The van der Waals surface area contributed by atoms with Crippen LogP contribution in [0.3, 0.4) is 0 Å². The van der Waals surface area contributed by atoms with Crippen molar-refractivity contribution in [1.82, 2.24) is 8.87 Å². The Morgan fingerprint density at radius 1 is 0.955 bits per heavy atom. The van der Waals surface area contributed by atoms with Gasteiger partial charge < -0.3 is 9.67 Å². The van der Waals surface area contributed by atoms with Gasteiger partial charge in [0.1, 0.15) is 0 Å². The Morgan fingerprint density at radius 2 is 1.59 bits per heavy atom. The third-order valence-corrected chi connectivity index (χ3v) is 5.48. The van der Waals surface area contributed by atoms with Crippen molar-refractivity contribution in [1.29, 1.82) is 0 Å². The highest BCUT2D eigenvalue weighted by Crippen LogP contribution is 2.29. The molecule has 1 aliphatic heterocycles. The van der Waals surface area contributed by atoms with Crippen LogP contribution < -0.4 is 0 Å². The minimum atomic E-state index is -0.343. The molecular formula is C18H20N2OS. The lowest BCUT2D eigenvalue weighted by Crippen LogP contribution is -2.29. The van der Waals surface area contributed by atoms with Crippen LogP contribution in [0.1, 0.15) is 6.42 Å². The molecule has 2 heterocycles. The monoisotopic (exact) mass is 312 g/mol. The van der Waals surface area contributed by atoms with E-state index in [1.807, 2.05) is 11.9 Å². The second-order valence-corrected chi connectivity index (χ2v) is 7.06. The number of rotatable bonds is 4. The van der Waals surface area contributed by atoms with Crippen molar-refractivity contribution < 1.29 is 5.11 Å². The van der Waals surface area contributed by atoms with E-state index in [2.05, 4.69) is 57.4 Å². The van der Waals surface area contributed by atoms with E-state index >= 15 is 0 Å². The molecule has 3 aromatic rings. The first-order valence-corrected chi connectivity index (χ1v) is 8.79. The number of fused-ring (bicyclic) bond motifs is 3. The number of para-hydroxylation sites is 2. The summed E-state index contributed by atoms with van der Waals surface area (Å²) in [5, 5.41) is 13.1. The number of hydrogen-bond acceptors (Lipinski definition) is 3. The quantitative estimate of drug-likeness (QED) is 0.747. The van der Waals surface area contributed by atoms with Gasteiger partial charge in [-0.2, -0.15) is 0 Å². The lowest BCUT2D eigenvalue weighted by Gasteiger charge is -2.19. The summed E-state index contributed by atoms with van der Waals surface area (Å²) in [7, 11) is 0. The molecule has 1 aliphatic rings. The van der Waals surface area contributed by atoms with Crippen LogP contribution in [-0.4, -0.2) is 38.9 Å². The van der Waals surface area contributed by atoms with E-state index in [1.54, 1.807) is 0 Å².